The molecule has 2 heterocycles. The molecule has 1 saturated carbocycles. The third-order valence-corrected chi connectivity index (χ3v) is 7.34. The lowest BCUT2D eigenvalue weighted by Gasteiger charge is -2.34. The fraction of sp³-hybridized carbons (Fsp3) is 0.370. The van der Waals surface area contributed by atoms with E-state index < -0.39 is 6.09 Å². The number of imide groups is 1. The van der Waals surface area contributed by atoms with Gasteiger partial charge in [-0.3, -0.25) is 9.78 Å². The number of rotatable bonds is 4. The van der Waals surface area contributed by atoms with Crippen LogP contribution in [0.5, 0.6) is 0 Å². The van der Waals surface area contributed by atoms with Gasteiger partial charge in [0.2, 0.25) is 5.91 Å². The minimum Gasteiger partial charge on any atom is -0.446 e. The third-order valence-electron chi connectivity index (χ3n) is 7.34. The quantitative estimate of drug-likeness (QED) is 0.493. The van der Waals surface area contributed by atoms with E-state index in [1.165, 1.54) is 11.0 Å². The predicted octanol–water partition coefficient (Wildman–Crippen LogP) is 6.00. The zero-order chi connectivity index (χ0) is 22.9. The van der Waals surface area contributed by atoms with Gasteiger partial charge in [-0.25, -0.2) is 14.1 Å². The van der Waals surface area contributed by atoms with Crippen LogP contribution in [-0.2, 0) is 9.53 Å². The van der Waals surface area contributed by atoms with Gasteiger partial charge in [-0.15, -0.1) is 0 Å². The highest BCUT2D eigenvalue weighted by Crippen LogP contribution is 2.42. The first-order chi connectivity index (χ1) is 16.0. The number of pyridine rings is 1. The van der Waals surface area contributed by atoms with Crippen LogP contribution >= 0.6 is 0 Å². The lowest BCUT2D eigenvalue weighted by molar-refractivity contribution is -0.135. The number of amides is 2. The van der Waals surface area contributed by atoms with E-state index in [0.717, 1.165) is 47.7 Å². The molecule has 3 aromatic rings. The highest BCUT2D eigenvalue weighted by atomic mass is 19.1. The zero-order valence-corrected chi connectivity index (χ0v) is 18.6. The molecule has 5 rings (SSSR count). The van der Waals surface area contributed by atoms with Crippen molar-refractivity contribution in [2.75, 3.05) is 6.61 Å². The third kappa shape index (κ3) is 4.10. The Hall–Kier alpha value is -3.28. The Morgan fingerprint density at radius 2 is 1.85 bits per heavy atom. The summed E-state index contributed by atoms with van der Waals surface area (Å²) >= 11 is 0. The number of cyclic esters (lactones) is 1. The molecular formula is C27H27FN2O3. The average Bonchev–Trinajstić information content (AvgIpc) is 3.24. The molecule has 0 spiro atoms. The van der Waals surface area contributed by atoms with Crippen molar-refractivity contribution in [3.63, 3.8) is 0 Å². The topological polar surface area (TPSA) is 59.5 Å². The first-order valence-corrected chi connectivity index (χ1v) is 11.6. The molecule has 1 saturated heterocycles. The number of carbonyl (C=O) groups excluding carboxylic acids is 2. The van der Waals surface area contributed by atoms with Crippen molar-refractivity contribution in [2.24, 2.45) is 11.8 Å². The summed E-state index contributed by atoms with van der Waals surface area (Å²) in [5.41, 5.74) is 2.84. The Bertz CT molecular complexity index is 1170. The summed E-state index contributed by atoms with van der Waals surface area (Å²) in [5, 5.41) is 0.871. The van der Waals surface area contributed by atoms with Gasteiger partial charge in [0.25, 0.3) is 0 Å². The highest BCUT2D eigenvalue weighted by molar-refractivity contribution is 5.95. The average molecular weight is 447 g/mol. The predicted molar refractivity (Wildman–Crippen MR) is 123 cm³/mol. The Kier molecular flexibility index (Phi) is 5.83. The summed E-state index contributed by atoms with van der Waals surface area (Å²) < 4.78 is 19.1. The van der Waals surface area contributed by atoms with Crippen LogP contribution in [-0.4, -0.2) is 28.5 Å². The van der Waals surface area contributed by atoms with Gasteiger partial charge in [0, 0.05) is 17.5 Å². The maximum Gasteiger partial charge on any atom is 0.417 e. The molecule has 0 radical (unpaired) electrons. The first-order valence-electron chi connectivity index (χ1n) is 11.6. The van der Waals surface area contributed by atoms with Gasteiger partial charge in [0.05, 0.1) is 5.52 Å². The molecule has 1 aliphatic heterocycles. The van der Waals surface area contributed by atoms with Crippen molar-refractivity contribution >= 4 is 22.9 Å². The molecule has 0 N–H and O–H groups in total. The van der Waals surface area contributed by atoms with Gasteiger partial charge in [-0.1, -0.05) is 37.3 Å². The van der Waals surface area contributed by atoms with Crippen LogP contribution in [0.25, 0.3) is 10.9 Å². The lowest BCUT2D eigenvalue weighted by Crippen LogP contribution is -2.40. The van der Waals surface area contributed by atoms with Crippen molar-refractivity contribution < 1.29 is 18.7 Å². The van der Waals surface area contributed by atoms with Gasteiger partial charge in [0.15, 0.2) is 0 Å². The minimum atomic E-state index is -0.556. The Balaban J connectivity index is 1.29. The van der Waals surface area contributed by atoms with Crippen LogP contribution in [0.15, 0.2) is 60.8 Å². The minimum absolute atomic E-state index is 0.161. The summed E-state index contributed by atoms with van der Waals surface area (Å²) in [6.45, 7) is 2.12. The van der Waals surface area contributed by atoms with Crippen molar-refractivity contribution in [1.29, 1.82) is 0 Å². The second kappa shape index (κ2) is 8.93. The number of halogens is 1. The number of benzene rings is 2. The number of ether oxygens (including phenoxy) is 1. The molecule has 5 nitrogen and oxygen atoms in total. The standard InChI is InChI=1S/C27H27FN2O3/c1-17(26(31)30-25(16-33-27(30)32)20-5-3-2-4-6-20)18-7-9-19(10-8-18)22-13-14-29-24-12-11-21(28)15-23(22)24/h2-6,11-15,17-19,25H,7-10,16H2,1H3/t17-,18-,19+,25+/m1/s1. The van der Waals surface area contributed by atoms with Crippen molar-refractivity contribution in [3.05, 3.63) is 77.7 Å². The number of carbonyl (C=O) groups is 2. The van der Waals surface area contributed by atoms with E-state index in [1.807, 2.05) is 43.3 Å². The Labute approximate surface area is 192 Å². The summed E-state index contributed by atoms with van der Waals surface area (Å²) in [6, 6.07) is 15.9. The van der Waals surface area contributed by atoms with E-state index in [1.54, 1.807) is 18.3 Å². The van der Waals surface area contributed by atoms with Crippen LogP contribution < -0.4 is 0 Å². The monoisotopic (exact) mass is 446 g/mol. The van der Waals surface area contributed by atoms with Gasteiger partial charge in [0.1, 0.15) is 18.5 Å². The van der Waals surface area contributed by atoms with Crippen molar-refractivity contribution in [1.82, 2.24) is 9.88 Å². The molecule has 6 heteroatoms. The molecule has 0 unspecified atom stereocenters. The molecule has 2 amide bonds. The number of nitrogens with zero attached hydrogens (tertiary/aromatic N) is 2. The SMILES string of the molecule is C[C@@H](C(=O)N1C(=O)OC[C@H]1c1ccccc1)[C@H]1CC[C@@H](c2ccnc3ccc(F)cc32)CC1. The Morgan fingerprint density at radius 1 is 1.09 bits per heavy atom. The summed E-state index contributed by atoms with van der Waals surface area (Å²) in [5.74, 6) is -0.177. The molecule has 2 fully saturated rings. The van der Waals surface area contributed by atoms with Gasteiger partial charge in [-0.2, -0.15) is 0 Å². The van der Waals surface area contributed by atoms with Gasteiger partial charge >= 0.3 is 6.09 Å². The first kappa shape index (κ1) is 21.6. The molecule has 2 aliphatic rings. The van der Waals surface area contributed by atoms with E-state index in [4.69, 9.17) is 4.74 Å². The second-order valence-corrected chi connectivity index (χ2v) is 9.17. The van der Waals surface area contributed by atoms with Crippen LogP contribution in [0.1, 0.15) is 55.7 Å². The molecule has 1 aliphatic carbocycles. The summed E-state index contributed by atoms with van der Waals surface area (Å²) in [4.78, 5) is 31.5. The molecule has 1 aromatic heterocycles. The number of aromatic nitrogens is 1. The van der Waals surface area contributed by atoms with E-state index in [9.17, 15) is 14.0 Å². The molecular weight excluding hydrogens is 419 g/mol. The zero-order valence-electron chi connectivity index (χ0n) is 18.6. The number of hydrogen-bond donors (Lipinski definition) is 0. The molecule has 2 aromatic carbocycles. The fourth-order valence-corrected chi connectivity index (χ4v) is 5.43. The smallest absolute Gasteiger partial charge is 0.417 e. The van der Waals surface area contributed by atoms with Crippen LogP contribution in [0.3, 0.4) is 0 Å². The van der Waals surface area contributed by atoms with Crippen LogP contribution in [0, 0.1) is 17.7 Å². The molecule has 2 atom stereocenters. The maximum atomic E-state index is 13.9. The molecule has 33 heavy (non-hydrogen) atoms. The normalized spacial score (nSPS) is 24.0. The van der Waals surface area contributed by atoms with E-state index >= 15 is 0 Å². The highest BCUT2D eigenvalue weighted by Gasteiger charge is 2.42. The lowest BCUT2D eigenvalue weighted by atomic mass is 9.73. The van der Waals surface area contributed by atoms with Crippen molar-refractivity contribution in [3.8, 4) is 0 Å². The molecule has 170 valence electrons. The van der Waals surface area contributed by atoms with E-state index in [0.29, 0.717) is 5.92 Å². The van der Waals surface area contributed by atoms with Gasteiger partial charge < -0.3 is 4.74 Å². The fourth-order valence-electron chi connectivity index (χ4n) is 5.43. The number of hydrogen-bond acceptors (Lipinski definition) is 4. The van der Waals surface area contributed by atoms with Gasteiger partial charge in [-0.05, 0) is 72.9 Å². The largest absolute Gasteiger partial charge is 0.446 e. The second-order valence-electron chi connectivity index (χ2n) is 9.17. The van der Waals surface area contributed by atoms with E-state index in [-0.39, 0.29) is 36.2 Å². The van der Waals surface area contributed by atoms with Crippen LogP contribution in [0.4, 0.5) is 9.18 Å². The summed E-state index contributed by atoms with van der Waals surface area (Å²) in [7, 11) is 0. The summed E-state index contributed by atoms with van der Waals surface area (Å²) in [6.07, 6.45) is 4.84. The van der Waals surface area contributed by atoms with E-state index in [2.05, 4.69) is 4.98 Å². The number of fused-ring (bicyclic) bond motifs is 1. The maximum absolute atomic E-state index is 13.9. The Morgan fingerprint density at radius 3 is 2.61 bits per heavy atom. The van der Waals surface area contributed by atoms with Crippen molar-refractivity contribution in [2.45, 2.75) is 44.6 Å². The molecule has 0 bridgehead atoms. The van der Waals surface area contributed by atoms with Crippen LogP contribution in [0.2, 0.25) is 0 Å².